The predicted octanol–water partition coefficient (Wildman–Crippen LogP) is 15.3. The number of hydrogen-bond donors (Lipinski definition) is 0. The summed E-state index contributed by atoms with van der Waals surface area (Å²) in [6, 6.07) is 77.5. The van der Waals surface area contributed by atoms with Crippen LogP contribution >= 0.6 is 11.3 Å². The van der Waals surface area contributed by atoms with Gasteiger partial charge in [0.05, 0.1) is 15.7 Å². The zero-order chi connectivity index (χ0) is 41.0. The molecule has 0 aliphatic rings. The number of nitrogens with zero attached hydrogens (tertiary/aromatic N) is 4. The standard InChI is InChI=1S/C57H36N4S/c1-4-15-37(16-5-1)39-27-29-40(30-28-39)44-34-45(57-59-55(41-19-8-3-9-20-41)58-56(60-57)43-22-14-21-42(33-43)38-17-6-2-7-18-38)36-46(35-44)61-51-25-12-10-23-47(51)49-31-32-50-48-24-11-13-26-52(48)62-54(50)53(49)61/h1-36H. The number of thiophene rings is 1. The maximum Gasteiger partial charge on any atom is 0.164 e. The molecular weight excluding hydrogens is 773 g/mol. The summed E-state index contributed by atoms with van der Waals surface area (Å²) in [5, 5.41) is 4.99. The molecule has 12 aromatic rings. The third-order valence-corrected chi connectivity index (χ3v) is 13.0. The molecule has 0 radical (unpaired) electrons. The zero-order valence-electron chi connectivity index (χ0n) is 33.5. The van der Waals surface area contributed by atoms with Crippen LogP contribution in [0.5, 0.6) is 0 Å². The van der Waals surface area contributed by atoms with Crippen molar-refractivity contribution >= 4 is 53.3 Å². The van der Waals surface area contributed by atoms with Gasteiger partial charge in [0.25, 0.3) is 0 Å². The summed E-state index contributed by atoms with van der Waals surface area (Å²) in [6.45, 7) is 0. The first-order valence-electron chi connectivity index (χ1n) is 20.8. The minimum Gasteiger partial charge on any atom is -0.308 e. The Morgan fingerprint density at radius 2 is 0.790 bits per heavy atom. The maximum absolute atomic E-state index is 5.32. The van der Waals surface area contributed by atoms with Crippen LogP contribution in [0.25, 0.3) is 115 Å². The van der Waals surface area contributed by atoms with Gasteiger partial charge in [0.15, 0.2) is 17.5 Å². The van der Waals surface area contributed by atoms with Gasteiger partial charge in [0.2, 0.25) is 0 Å². The minimum absolute atomic E-state index is 0.607. The lowest BCUT2D eigenvalue weighted by Crippen LogP contribution is -2.02. The second-order valence-corrected chi connectivity index (χ2v) is 16.7. The van der Waals surface area contributed by atoms with Crippen LogP contribution in [0.1, 0.15) is 0 Å². The van der Waals surface area contributed by atoms with Gasteiger partial charge in [-0.3, -0.25) is 0 Å². The largest absolute Gasteiger partial charge is 0.308 e. The molecule has 0 amide bonds. The summed E-state index contributed by atoms with van der Waals surface area (Å²) >= 11 is 1.86. The number of rotatable bonds is 7. The lowest BCUT2D eigenvalue weighted by Gasteiger charge is -2.15. The van der Waals surface area contributed by atoms with Crippen LogP contribution < -0.4 is 0 Å². The van der Waals surface area contributed by atoms with Crippen molar-refractivity contribution in [1.82, 2.24) is 19.5 Å². The summed E-state index contributed by atoms with van der Waals surface area (Å²) in [5.74, 6) is 1.85. The lowest BCUT2D eigenvalue weighted by atomic mass is 9.98. The van der Waals surface area contributed by atoms with Crippen molar-refractivity contribution in [3.05, 3.63) is 218 Å². The van der Waals surface area contributed by atoms with Gasteiger partial charge in [-0.25, -0.2) is 15.0 Å². The van der Waals surface area contributed by atoms with E-state index in [0.29, 0.717) is 17.5 Å². The second kappa shape index (κ2) is 14.9. The molecule has 12 rings (SSSR count). The van der Waals surface area contributed by atoms with Crippen LogP contribution in [-0.2, 0) is 0 Å². The number of fused-ring (bicyclic) bond motifs is 7. The predicted molar refractivity (Wildman–Crippen MR) is 260 cm³/mol. The fraction of sp³-hybridized carbons (Fsp3) is 0. The van der Waals surface area contributed by atoms with Gasteiger partial charge in [0, 0.05) is 48.6 Å². The number of hydrogen-bond acceptors (Lipinski definition) is 4. The van der Waals surface area contributed by atoms with E-state index in [2.05, 4.69) is 199 Å². The summed E-state index contributed by atoms with van der Waals surface area (Å²) in [5.41, 5.74) is 12.9. The lowest BCUT2D eigenvalue weighted by molar-refractivity contribution is 1.07. The average molecular weight is 809 g/mol. The molecular formula is C57H36N4S. The quantitative estimate of drug-likeness (QED) is 0.161. The Morgan fingerprint density at radius 1 is 0.306 bits per heavy atom. The first-order chi connectivity index (χ1) is 30.7. The van der Waals surface area contributed by atoms with Crippen molar-refractivity contribution in [2.24, 2.45) is 0 Å². The number of benzene rings is 9. The summed E-state index contributed by atoms with van der Waals surface area (Å²) < 4.78 is 5.01. The van der Waals surface area contributed by atoms with Gasteiger partial charge >= 0.3 is 0 Å². The summed E-state index contributed by atoms with van der Waals surface area (Å²) in [7, 11) is 0. The van der Waals surface area contributed by atoms with E-state index < -0.39 is 0 Å². The first-order valence-corrected chi connectivity index (χ1v) is 21.7. The van der Waals surface area contributed by atoms with Gasteiger partial charge in [-0.15, -0.1) is 11.3 Å². The van der Waals surface area contributed by atoms with Gasteiger partial charge in [-0.05, 0) is 69.8 Å². The van der Waals surface area contributed by atoms with E-state index in [0.717, 1.165) is 50.1 Å². The van der Waals surface area contributed by atoms with Gasteiger partial charge in [-0.1, -0.05) is 182 Å². The molecule has 0 unspecified atom stereocenters. The fourth-order valence-electron chi connectivity index (χ4n) is 8.84. The van der Waals surface area contributed by atoms with E-state index in [1.165, 1.54) is 47.6 Å². The summed E-state index contributed by atoms with van der Waals surface area (Å²) in [6.07, 6.45) is 0. The van der Waals surface area contributed by atoms with Crippen molar-refractivity contribution in [1.29, 1.82) is 0 Å². The van der Waals surface area contributed by atoms with Crippen LogP contribution in [0.15, 0.2) is 218 Å². The van der Waals surface area contributed by atoms with E-state index in [1.807, 2.05) is 35.6 Å². The highest BCUT2D eigenvalue weighted by Gasteiger charge is 2.20. The smallest absolute Gasteiger partial charge is 0.164 e. The Morgan fingerprint density at radius 3 is 1.52 bits per heavy atom. The molecule has 0 fully saturated rings. The molecule has 3 heterocycles. The van der Waals surface area contributed by atoms with Crippen LogP contribution in [0.3, 0.4) is 0 Å². The molecule has 0 spiro atoms. The molecule has 62 heavy (non-hydrogen) atoms. The van der Waals surface area contributed by atoms with Crippen molar-refractivity contribution in [3.63, 3.8) is 0 Å². The minimum atomic E-state index is 0.607. The fourth-order valence-corrected chi connectivity index (χ4v) is 10.1. The molecule has 0 aliphatic carbocycles. The molecule has 0 N–H and O–H groups in total. The topological polar surface area (TPSA) is 43.6 Å². The molecule has 0 bridgehead atoms. The molecule has 9 aromatic carbocycles. The Kier molecular flexibility index (Phi) is 8.65. The Bertz CT molecular complexity index is 3610. The van der Waals surface area contributed by atoms with Crippen molar-refractivity contribution in [2.75, 3.05) is 0 Å². The normalized spacial score (nSPS) is 11.5. The van der Waals surface area contributed by atoms with Crippen LogP contribution in [-0.4, -0.2) is 19.5 Å². The highest BCUT2D eigenvalue weighted by molar-refractivity contribution is 7.26. The number of para-hydroxylation sites is 1. The molecule has 0 saturated heterocycles. The molecule has 4 nitrogen and oxygen atoms in total. The van der Waals surface area contributed by atoms with E-state index in [4.69, 9.17) is 15.0 Å². The zero-order valence-corrected chi connectivity index (χ0v) is 34.3. The van der Waals surface area contributed by atoms with E-state index in [-0.39, 0.29) is 0 Å². The second-order valence-electron chi connectivity index (χ2n) is 15.6. The molecule has 0 atom stereocenters. The Balaban J connectivity index is 1.12. The molecule has 5 heteroatoms. The summed E-state index contributed by atoms with van der Waals surface area (Å²) in [4.78, 5) is 15.7. The maximum atomic E-state index is 5.32. The monoisotopic (exact) mass is 808 g/mol. The molecule has 0 aliphatic heterocycles. The van der Waals surface area contributed by atoms with Crippen LogP contribution in [0, 0.1) is 0 Å². The van der Waals surface area contributed by atoms with Crippen molar-refractivity contribution < 1.29 is 0 Å². The highest BCUT2D eigenvalue weighted by atomic mass is 32.1. The number of aromatic nitrogens is 4. The Hall–Kier alpha value is -7.99. The van der Waals surface area contributed by atoms with E-state index in [1.54, 1.807) is 0 Å². The van der Waals surface area contributed by atoms with Crippen LogP contribution in [0.4, 0.5) is 0 Å². The van der Waals surface area contributed by atoms with E-state index >= 15 is 0 Å². The molecule has 290 valence electrons. The van der Waals surface area contributed by atoms with Crippen LogP contribution in [0.2, 0.25) is 0 Å². The van der Waals surface area contributed by atoms with Crippen molar-refractivity contribution in [3.8, 4) is 73.2 Å². The SMILES string of the molecule is c1ccc(-c2ccc(-c3cc(-c4nc(-c5ccccc5)nc(-c5cccc(-c6ccccc6)c5)n4)cc(-n4c5ccccc5c5ccc6c7ccccc7sc6c54)c3)cc2)cc1. The van der Waals surface area contributed by atoms with Gasteiger partial charge in [-0.2, -0.15) is 0 Å². The molecule has 3 aromatic heterocycles. The molecule has 0 saturated carbocycles. The average Bonchev–Trinajstić information content (AvgIpc) is 3.91. The first kappa shape index (κ1) is 35.9. The highest BCUT2D eigenvalue weighted by Crippen LogP contribution is 2.44. The Labute approximate surface area is 362 Å². The third kappa shape index (κ3) is 6.26. The van der Waals surface area contributed by atoms with Gasteiger partial charge < -0.3 is 4.57 Å². The third-order valence-electron chi connectivity index (χ3n) is 11.8. The van der Waals surface area contributed by atoms with E-state index in [9.17, 15) is 0 Å². The van der Waals surface area contributed by atoms with Gasteiger partial charge in [0.1, 0.15) is 0 Å². The van der Waals surface area contributed by atoms with Crippen molar-refractivity contribution in [2.45, 2.75) is 0 Å².